The Kier molecular flexibility index (Phi) is 3.83. The molecule has 0 aliphatic carbocycles. The van der Waals surface area contributed by atoms with Crippen LogP contribution in [0.2, 0.25) is 0 Å². The zero-order valence-electron chi connectivity index (χ0n) is 8.86. The second-order valence-electron chi connectivity index (χ2n) is 3.35. The van der Waals surface area contributed by atoms with Gasteiger partial charge in [0.05, 0.1) is 5.56 Å². The number of hydrogen-bond acceptors (Lipinski definition) is 1. The molecule has 0 saturated heterocycles. The normalized spacial score (nSPS) is 10.8. The zero-order chi connectivity index (χ0) is 12.2. The molecule has 1 rings (SSSR count). The van der Waals surface area contributed by atoms with Crippen molar-refractivity contribution in [3.63, 3.8) is 0 Å². The molecule has 16 heavy (non-hydrogen) atoms. The maximum absolute atomic E-state index is 12.4. The highest BCUT2D eigenvalue weighted by Crippen LogP contribution is 2.30. The number of benzene rings is 1. The van der Waals surface area contributed by atoms with Gasteiger partial charge in [0.15, 0.2) is 0 Å². The summed E-state index contributed by atoms with van der Waals surface area (Å²) in [5.41, 5.74) is 5.34. The average Bonchev–Trinajstić information content (AvgIpc) is 2.19. The summed E-state index contributed by atoms with van der Waals surface area (Å²) in [6.07, 6.45) is -2.84. The Bertz CT molecular complexity index is 424. The molecule has 0 heterocycles. The average molecular weight is 227 g/mol. The van der Waals surface area contributed by atoms with Gasteiger partial charge in [-0.05, 0) is 24.6 Å². The van der Waals surface area contributed by atoms with Crippen LogP contribution in [0.25, 0.3) is 0 Å². The van der Waals surface area contributed by atoms with Gasteiger partial charge in [-0.3, -0.25) is 0 Å². The second-order valence-corrected chi connectivity index (χ2v) is 3.35. The van der Waals surface area contributed by atoms with E-state index in [9.17, 15) is 13.2 Å². The van der Waals surface area contributed by atoms with Crippen LogP contribution in [0.15, 0.2) is 18.2 Å². The molecule has 0 aliphatic rings. The molecule has 0 saturated carbocycles. The Morgan fingerprint density at radius 1 is 1.31 bits per heavy atom. The van der Waals surface area contributed by atoms with Gasteiger partial charge < -0.3 is 5.73 Å². The first-order valence-electron chi connectivity index (χ1n) is 4.90. The molecule has 0 amide bonds. The minimum Gasteiger partial charge on any atom is -0.398 e. The minimum absolute atomic E-state index is 0.239. The highest BCUT2D eigenvalue weighted by molar-refractivity contribution is 5.57. The first-order valence-corrected chi connectivity index (χ1v) is 4.90. The lowest BCUT2D eigenvalue weighted by Gasteiger charge is -2.07. The van der Waals surface area contributed by atoms with E-state index in [0.717, 1.165) is 18.6 Å². The summed E-state index contributed by atoms with van der Waals surface area (Å²) in [7, 11) is 0. The maximum Gasteiger partial charge on any atom is 0.416 e. The Morgan fingerprint density at radius 3 is 2.56 bits per heavy atom. The van der Waals surface area contributed by atoms with Gasteiger partial charge in [-0.2, -0.15) is 13.2 Å². The fourth-order valence-electron chi connectivity index (χ4n) is 1.12. The topological polar surface area (TPSA) is 26.0 Å². The molecule has 0 atom stereocenters. The van der Waals surface area contributed by atoms with Gasteiger partial charge in [-0.15, -0.1) is 0 Å². The number of nitrogens with two attached hydrogens (primary N) is 1. The fraction of sp³-hybridized carbons (Fsp3) is 0.333. The molecule has 0 aromatic heterocycles. The van der Waals surface area contributed by atoms with Crippen molar-refractivity contribution < 1.29 is 13.2 Å². The van der Waals surface area contributed by atoms with Crippen molar-refractivity contribution in [3.05, 3.63) is 29.3 Å². The molecular weight excluding hydrogens is 215 g/mol. The van der Waals surface area contributed by atoms with Crippen LogP contribution in [-0.2, 0) is 6.18 Å². The summed E-state index contributed by atoms with van der Waals surface area (Å²) >= 11 is 0. The minimum atomic E-state index is -4.35. The van der Waals surface area contributed by atoms with Crippen molar-refractivity contribution in [1.82, 2.24) is 0 Å². The van der Waals surface area contributed by atoms with E-state index in [-0.39, 0.29) is 11.3 Å². The standard InChI is InChI=1S/C12H12F3N/c1-2-3-4-5-9-8-10(12(13,14)15)6-7-11(9)16/h6-8H,2-3,16H2,1H3. The third-order valence-corrected chi connectivity index (χ3v) is 1.98. The van der Waals surface area contributed by atoms with Crippen LogP contribution >= 0.6 is 0 Å². The molecule has 1 nitrogen and oxygen atoms in total. The smallest absolute Gasteiger partial charge is 0.398 e. The van der Waals surface area contributed by atoms with Crippen molar-refractivity contribution in [1.29, 1.82) is 0 Å². The lowest BCUT2D eigenvalue weighted by molar-refractivity contribution is -0.137. The van der Waals surface area contributed by atoms with Gasteiger partial charge in [-0.1, -0.05) is 18.8 Å². The predicted molar refractivity (Wildman–Crippen MR) is 57.6 cm³/mol. The summed E-state index contributed by atoms with van der Waals surface area (Å²) in [6.45, 7) is 1.95. The summed E-state index contributed by atoms with van der Waals surface area (Å²) in [5.74, 6) is 5.42. The molecule has 1 aromatic carbocycles. The highest BCUT2D eigenvalue weighted by atomic mass is 19.4. The third kappa shape index (κ3) is 3.20. The number of halogens is 3. The summed E-state index contributed by atoms with van der Waals surface area (Å²) < 4.78 is 37.2. The third-order valence-electron chi connectivity index (χ3n) is 1.98. The molecular formula is C12H12F3N. The number of hydrogen-bond donors (Lipinski definition) is 1. The lowest BCUT2D eigenvalue weighted by Crippen LogP contribution is -2.05. The number of anilines is 1. The second kappa shape index (κ2) is 4.93. The summed E-state index contributed by atoms with van der Waals surface area (Å²) in [6, 6.07) is 3.18. The van der Waals surface area contributed by atoms with Crippen molar-refractivity contribution in [2.45, 2.75) is 25.9 Å². The van der Waals surface area contributed by atoms with Crippen LogP contribution in [-0.4, -0.2) is 0 Å². The Labute approximate surface area is 92.5 Å². The van der Waals surface area contributed by atoms with Crippen LogP contribution in [0.5, 0.6) is 0 Å². The largest absolute Gasteiger partial charge is 0.416 e. The Hall–Kier alpha value is -1.63. The molecule has 4 heteroatoms. The van der Waals surface area contributed by atoms with E-state index in [1.165, 1.54) is 6.07 Å². The maximum atomic E-state index is 12.4. The zero-order valence-corrected chi connectivity index (χ0v) is 8.86. The van der Waals surface area contributed by atoms with Gasteiger partial charge in [-0.25, -0.2) is 0 Å². The monoisotopic (exact) mass is 227 g/mol. The molecule has 0 unspecified atom stereocenters. The SMILES string of the molecule is CCCC#Cc1cc(C(F)(F)F)ccc1N. The molecule has 2 N–H and O–H groups in total. The molecule has 0 aliphatic heterocycles. The van der Waals surface area contributed by atoms with Gasteiger partial charge in [0.25, 0.3) is 0 Å². The lowest BCUT2D eigenvalue weighted by atomic mass is 10.1. The predicted octanol–water partition coefficient (Wildman–Crippen LogP) is 3.44. The van der Waals surface area contributed by atoms with Gasteiger partial charge >= 0.3 is 6.18 Å². The molecule has 0 bridgehead atoms. The van der Waals surface area contributed by atoms with Crippen LogP contribution in [0.4, 0.5) is 18.9 Å². The number of rotatable bonds is 1. The Balaban J connectivity index is 3.06. The van der Waals surface area contributed by atoms with Gasteiger partial charge in [0, 0.05) is 17.7 Å². The number of unbranched alkanes of at least 4 members (excludes halogenated alkanes) is 1. The van der Waals surface area contributed by atoms with Crippen LogP contribution < -0.4 is 5.73 Å². The van der Waals surface area contributed by atoms with E-state index in [0.29, 0.717) is 6.42 Å². The van der Waals surface area contributed by atoms with E-state index in [1.807, 2.05) is 6.92 Å². The quantitative estimate of drug-likeness (QED) is 0.577. The fourth-order valence-corrected chi connectivity index (χ4v) is 1.12. The van der Waals surface area contributed by atoms with E-state index in [1.54, 1.807) is 0 Å². The number of nitrogen functional groups attached to an aromatic ring is 1. The Morgan fingerprint density at radius 2 is 2.00 bits per heavy atom. The van der Waals surface area contributed by atoms with Crippen LogP contribution in [0.1, 0.15) is 30.9 Å². The molecule has 1 aromatic rings. The molecule has 0 spiro atoms. The molecule has 0 radical (unpaired) electrons. The van der Waals surface area contributed by atoms with E-state index in [2.05, 4.69) is 11.8 Å². The van der Waals surface area contributed by atoms with E-state index >= 15 is 0 Å². The van der Waals surface area contributed by atoms with Crippen molar-refractivity contribution >= 4 is 5.69 Å². The van der Waals surface area contributed by atoms with Crippen molar-refractivity contribution in [3.8, 4) is 11.8 Å². The highest BCUT2D eigenvalue weighted by Gasteiger charge is 2.30. The van der Waals surface area contributed by atoms with Gasteiger partial charge in [0.2, 0.25) is 0 Å². The molecule has 0 fully saturated rings. The van der Waals surface area contributed by atoms with Crippen LogP contribution in [0.3, 0.4) is 0 Å². The number of alkyl halides is 3. The first kappa shape index (κ1) is 12.4. The van der Waals surface area contributed by atoms with Crippen LogP contribution in [0, 0.1) is 11.8 Å². The van der Waals surface area contributed by atoms with Crippen molar-refractivity contribution in [2.24, 2.45) is 0 Å². The summed E-state index contributed by atoms with van der Waals surface area (Å²) in [4.78, 5) is 0. The summed E-state index contributed by atoms with van der Waals surface area (Å²) in [5, 5.41) is 0. The first-order chi connectivity index (χ1) is 7.45. The van der Waals surface area contributed by atoms with E-state index in [4.69, 9.17) is 5.73 Å². The van der Waals surface area contributed by atoms with E-state index < -0.39 is 11.7 Å². The van der Waals surface area contributed by atoms with Crippen molar-refractivity contribution in [2.75, 3.05) is 5.73 Å². The molecule has 86 valence electrons. The van der Waals surface area contributed by atoms with Gasteiger partial charge in [0.1, 0.15) is 0 Å².